The van der Waals surface area contributed by atoms with Crippen LogP contribution in [0.15, 0.2) is 18.3 Å². The molecule has 0 amide bonds. The molecule has 1 atom stereocenters. The van der Waals surface area contributed by atoms with Crippen molar-refractivity contribution in [3.8, 4) is 0 Å². The highest BCUT2D eigenvalue weighted by Crippen LogP contribution is 2.32. The molecule has 0 radical (unpaired) electrons. The van der Waals surface area contributed by atoms with Crippen molar-refractivity contribution in [2.45, 2.75) is 25.2 Å². The maximum Gasteiger partial charge on any atom is 0.418 e. The molecule has 1 saturated heterocycles. The van der Waals surface area contributed by atoms with Gasteiger partial charge in [-0.3, -0.25) is 9.88 Å². The number of aliphatic hydroxyl groups excluding tert-OH is 1. The Kier molecular flexibility index (Phi) is 5.08. The summed E-state index contributed by atoms with van der Waals surface area (Å²) >= 11 is 0. The van der Waals surface area contributed by atoms with Crippen molar-refractivity contribution in [2.75, 3.05) is 24.7 Å². The van der Waals surface area contributed by atoms with Gasteiger partial charge in [0.15, 0.2) is 9.84 Å². The molecular weight excluding hydrogens is 321 g/mol. The average Bonchev–Trinajstić information content (AvgIpc) is 2.78. The molecule has 1 N–H and O–H groups in total. The molecule has 5 nitrogen and oxygen atoms in total. The molecule has 2 heterocycles. The van der Waals surface area contributed by atoms with Crippen molar-refractivity contribution >= 4 is 9.84 Å². The largest absolute Gasteiger partial charge is 0.418 e. The third-order valence-electron chi connectivity index (χ3n) is 3.66. The second-order valence-corrected chi connectivity index (χ2v) is 7.48. The summed E-state index contributed by atoms with van der Waals surface area (Å²) in [5, 5.41) is 9.10. The molecule has 1 aromatic rings. The molecule has 9 heteroatoms. The Morgan fingerprint density at radius 1 is 1.41 bits per heavy atom. The van der Waals surface area contributed by atoms with Crippen LogP contribution in [0.25, 0.3) is 0 Å². The van der Waals surface area contributed by atoms with E-state index in [0.29, 0.717) is 6.42 Å². The van der Waals surface area contributed by atoms with Crippen LogP contribution >= 0.6 is 0 Å². The van der Waals surface area contributed by atoms with E-state index in [0.717, 1.165) is 6.07 Å². The Morgan fingerprint density at radius 3 is 2.68 bits per heavy atom. The normalized spacial score (nSPS) is 21.4. The first-order valence-corrected chi connectivity index (χ1v) is 8.61. The van der Waals surface area contributed by atoms with Gasteiger partial charge in [0.05, 0.1) is 29.4 Å². The number of sulfone groups is 1. The zero-order valence-corrected chi connectivity index (χ0v) is 12.6. The predicted molar refractivity (Wildman–Crippen MR) is 73.8 cm³/mol. The van der Waals surface area contributed by atoms with Gasteiger partial charge in [0.1, 0.15) is 0 Å². The summed E-state index contributed by atoms with van der Waals surface area (Å²) < 4.78 is 62.0. The van der Waals surface area contributed by atoms with Crippen LogP contribution in [0.3, 0.4) is 0 Å². The first-order chi connectivity index (χ1) is 10.2. The Hall–Kier alpha value is -1.19. The number of nitrogens with zero attached hydrogens (tertiary/aromatic N) is 2. The number of rotatable bonds is 5. The number of hydrogen-bond acceptors (Lipinski definition) is 5. The molecule has 1 aliphatic heterocycles. The third kappa shape index (κ3) is 4.17. The summed E-state index contributed by atoms with van der Waals surface area (Å²) in [5.74, 6) is -0.0743. The van der Waals surface area contributed by atoms with E-state index in [4.69, 9.17) is 5.11 Å². The number of aromatic nitrogens is 1. The SMILES string of the molecule is O=S1(=O)CCC(N(CCO)Cc2ncccc2C(F)(F)F)C1. The van der Waals surface area contributed by atoms with Gasteiger partial charge in [0.2, 0.25) is 0 Å². The maximum absolute atomic E-state index is 13.0. The van der Waals surface area contributed by atoms with Crippen LogP contribution in [0.4, 0.5) is 13.2 Å². The summed E-state index contributed by atoms with van der Waals surface area (Å²) in [5.41, 5.74) is -0.994. The molecule has 0 bridgehead atoms. The summed E-state index contributed by atoms with van der Waals surface area (Å²) in [6.07, 6.45) is -2.89. The topological polar surface area (TPSA) is 70.5 Å². The van der Waals surface area contributed by atoms with E-state index >= 15 is 0 Å². The lowest BCUT2D eigenvalue weighted by atomic mass is 10.1. The Bertz CT molecular complexity index is 619. The lowest BCUT2D eigenvalue weighted by Crippen LogP contribution is -2.38. The van der Waals surface area contributed by atoms with E-state index in [2.05, 4.69) is 4.98 Å². The highest BCUT2D eigenvalue weighted by Gasteiger charge is 2.36. The zero-order chi connectivity index (χ0) is 16.4. The molecule has 22 heavy (non-hydrogen) atoms. The minimum Gasteiger partial charge on any atom is -0.395 e. The Morgan fingerprint density at radius 2 is 2.14 bits per heavy atom. The predicted octanol–water partition coefficient (Wildman–Crippen LogP) is 1.08. The van der Waals surface area contributed by atoms with Crippen molar-refractivity contribution in [3.63, 3.8) is 0 Å². The van der Waals surface area contributed by atoms with Crippen LogP contribution in [-0.2, 0) is 22.6 Å². The minimum atomic E-state index is -4.52. The summed E-state index contributed by atoms with van der Waals surface area (Å²) in [6.45, 7) is -0.296. The van der Waals surface area contributed by atoms with E-state index in [1.807, 2.05) is 0 Å². The van der Waals surface area contributed by atoms with Crippen molar-refractivity contribution in [2.24, 2.45) is 0 Å². The first kappa shape index (κ1) is 17.2. The van der Waals surface area contributed by atoms with Gasteiger partial charge in [-0.15, -0.1) is 0 Å². The van der Waals surface area contributed by atoms with E-state index in [1.165, 1.54) is 12.3 Å². The first-order valence-electron chi connectivity index (χ1n) is 6.79. The third-order valence-corrected chi connectivity index (χ3v) is 5.41. The van der Waals surface area contributed by atoms with Crippen LogP contribution < -0.4 is 0 Å². The second kappa shape index (κ2) is 6.51. The molecule has 0 saturated carbocycles. The maximum atomic E-state index is 13.0. The number of halogens is 3. The molecule has 124 valence electrons. The fourth-order valence-electron chi connectivity index (χ4n) is 2.60. The molecule has 1 fully saturated rings. The summed E-state index contributed by atoms with van der Waals surface area (Å²) in [6, 6.07) is 1.77. The highest BCUT2D eigenvalue weighted by atomic mass is 32.2. The monoisotopic (exact) mass is 338 g/mol. The fraction of sp³-hybridized carbons (Fsp3) is 0.615. The highest BCUT2D eigenvalue weighted by molar-refractivity contribution is 7.91. The molecule has 0 spiro atoms. The van der Waals surface area contributed by atoms with Gasteiger partial charge in [0.25, 0.3) is 0 Å². The van der Waals surface area contributed by atoms with Gasteiger partial charge in [-0.25, -0.2) is 8.42 Å². The molecule has 0 aromatic carbocycles. The van der Waals surface area contributed by atoms with Gasteiger partial charge in [-0.2, -0.15) is 13.2 Å². The van der Waals surface area contributed by atoms with Crippen LogP contribution in [0, 0.1) is 0 Å². The molecule has 2 rings (SSSR count). The Labute approximate surface area is 126 Å². The van der Waals surface area contributed by atoms with Gasteiger partial charge in [-0.05, 0) is 18.6 Å². The van der Waals surface area contributed by atoms with E-state index < -0.39 is 21.6 Å². The van der Waals surface area contributed by atoms with Crippen molar-refractivity contribution in [1.82, 2.24) is 9.88 Å². The molecular formula is C13H17F3N2O3S. The quantitative estimate of drug-likeness (QED) is 0.870. The number of aliphatic hydroxyl groups is 1. The molecule has 1 aliphatic rings. The van der Waals surface area contributed by atoms with Crippen molar-refractivity contribution < 1.29 is 26.7 Å². The van der Waals surface area contributed by atoms with Gasteiger partial charge < -0.3 is 5.11 Å². The summed E-state index contributed by atoms with van der Waals surface area (Å²) in [7, 11) is -3.16. The number of alkyl halides is 3. The average molecular weight is 338 g/mol. The Balaban J connectivity index is 2.22. The summed E-state index contributed by atoms with van der Waals surface area (Å²) in [4.78, 5) is 5.34. The number of hydrogen-bond donors (Lipinski definition) is 1. The van der Waals surface area contributed by atoms with Crippen LogP contribution in [0.1, 0.15) is 17.7 Å². The minimum absolute atomic E-state index is 0.0218. The van der Waals surface area contributed by atoms with Gasteiger partial charge >= 0.3 is 6.18 Å². The van der Waals surface area contributed by atoms with Crippen LogP contribution in [-0.4, -0.2) is 54.1 Å². The molecule has 1 unspecified atom stereocenters. The lowest BCUT2D eigenvalue weighted by Gasteiger charge is -2.27. The second-order valence-electron chi connectivity index (χ2n) is 5.25. The van der Waals surface area contributed by atoms with Crippen molar-refractivity contribution in [3.05, 3.63) is 29.6 Å². The van der Waals surface area contributed by atoms with Crippen LogP contribution in [0.2, 0.25) is 0 Å². The molecule has 0 aliphatic carbocycles. The van der Waals surface area contributed by atoms with Gasteiger partial charge in [-0.1, -0.05) is 0 Å². The van der Waals surface area contributed by atoms with E-state index in [1.54, 1.807) is 4.90 Å². The van der Waals surface area contributed by atoms with Gasteiger partial charge in [0, 0.05) is 25.3 Å². The zero-order valence-electron chi connectivity index (χ0n) is 11.8. The molecule has 1 aromatic heterocycles. The van der Waals surface area contributed by atoms with Crippen molar-refractivity contribution in [1.29, 1.82) is 0 Å². The number of pyridine rings is 1. The van der Waals surface area contributed by atoms with E-state index in [-0.39, 0.29) is 42.9 Å². The lowest BCUT2D eigenvalue weighted by molar-refractivity contribution is -0.138. The smallest absolute Gasteiger partial charge is 0.395 e. The fourth-order valence-corrected chi connectivity index (χ4v) is 4.36. The van der Waals surface area contributed by atoms with E-state index in [9.17, 15) is 21.6 Å². The van der Waals surface area contributed by atoms with Crippen LogP contribution in [0.5, 0.6) is 0 Å². The standard InChI is InChI=1S/C13H17F3N2O3S/c14-13(15,16)11-2-1-4-17-12(11)8-18(5-6-19)10-3-7-22(20,21)9-10/h1-2,4,10,19H,3,5-9H2.